The van der Waals surface area contributed by atoms with Crippen molar-refractivity contribution in [2.45, 2.75) is 32.9 Å². The van der Waals surface area contributed by atoms with Crippen molar-refractivity contribution in [1.29, 1.82) is 0 Å². The highest BCUT2D eigenvalue weighted by Gasteiger charge is 2.26. The van der Waals surface area contributed by atoms with Gasteiger partial charge in [0.15, 0.2) is 0 Å². The van der Waals surface area contributed by atoms with Crippen LogP contribution in [0.2, 0.25) is 0 Å². The lowest BCUT2D eigenvalue weighted by atomic mass is 10.1. The maximum atomic E-state index is 12.3. The van der Waals surface area contributed by atoms with Gasteiger partial charge in [-0.15, -0.1) is 0 Å². The van der Waals surface area contributed by atoms with E-state index in [2.05, 4.69) is 4.72 Å². The third-order valence-corrected chi connectivity index (χ3v) is 4.22. The quantitative estimate of drug-likeness (QED) is 0.821. The second-order valence-electron chi connectivity index (χ2n) is 5.46. The van der Waals surface area contributed by atoms with Crippen LogP contribution < -0.4 is 10.5 Å². The second kappa shape index (κ2) is 6.47. The average Bonchev–Trinajstić information content (AvgIpc) is 2.26. The van der Waals surface area contributed by atoms with E-state index in [1.54, 1.807) is 0 Å². The summed E-state index contributed by atoms with van der Waals surface area (Å²) in [6.45, 7) is 6.34. The first-order valence-corrected chi connectivity index (χ1v) is 7.72. The lowest BCUT2D eigenvalue weighted by Crippen LogP contribution is -2.49. The summed E-state index contributed by atoms with van der Waals surface area (Å²) in [7, 11) is -3.54. The normalized spacial score (nSPS) is 12.9. The van der Waals surface area contributed by atoms with Crippen LogP contribution in [0.4, 0.5) is 0 Å². The first-order chi connectivity index (χ1) is 8.74. The van der Waals surface area contributed by atoms with Gasteiger partial charge in [-0.1, -0.05) is 30.3 Å². The molecular weight excluding hydrogens is 262 g/mol. The monoisotopic (exact) mass is 285 g/mol. The van der Waals surface area contributed by atoms with Crippen LogP contribution in [0, 0.1) is 0 Å². The molecule has 0 aromatic heterocycles. The Bertz CT molecular complexity index is 480. The Balaban J connectivity index is 2.88. The highest BCUT2D eigenvalue weighted by atomic mass is 32.2. The Kier molecular flexibility index (Phi) is 5.49. The Hall–Kier alpha value is -0.950. The number of nitrogens with zero attached hydrogens (tertiary/aromatic N) is 1. The molecule has 1 aromatic rings. The Morgan fingerprint density at radius 2 is 1.79 bits per heavy atom. The van der Waals surface area contributed by atoms with E-state index in [1.165, 1.54) is 4.31 Å². The van der Waals surface area contributed by atoms with E-state index in [0.717, 1.165) is 5.56 Å². The fourth-order valence-electron chi connectivity index (χ4n) is 1.67. The molecular formula is C13H23N3O2S. The highest BCUT2D eigenvalue weighted by Crippen LogP contribution is 2.11. The van der Waals surface area contributed by atoms with Crippen LogP contribution in [-0.2, 0) is 16.8 Å². The van der Waals surface area contributed by atoms with Crippen molar-refractivity contribution < 1.29 is 8.42 Å². The first kappa shape index (κ1) is 16.1. The fraction of sp³-hybridized carbons (Fsp3) is 0.538. The van der Waals surface area contributed by atoms with Crippen LogP contribution in [0.1, 0.15) is 26.3 Å². The molecule has 0 saturated carbocycles. The van der Waals surface area contributed by atoms with Crippen molar-refractivity contribution >= 4 is 10.2 Å². The number of rotatable bonds is 6. The van der Waals surface area contributed by atoms with Gasteiger partial charge < -0.3 is 5.73 Å². The topological polar surface area (TPSA) is 75.4 Å². The SMILES string of the molecule is CC(C)(C)NS(=O)(=O)N(CCN)Cc1ccccc1. The molecule has 0 spiro atoms. The van der Waals surface area contributed by atoms with Gasteiger partial charge in [0.05, 0.1) is 0 Å². The van der Waals surface area contributed by atoms with Crippen LogP contribution in [0.25, 0.3) is 0 Å². The predicted molar refractivity (Wildman–Crippen MR) is 77.7 cm³/mol. The molecule has 19 heavy (non-hydrogen) atoms. The molecule has 0 bridgehead atoms. The molecule has 0 amide bonds. The summed E-state index contributed by atoms with van der Waals surface area (Å²) in [6, 6.07) is 9.48. The van der Waals surface area contributed by atoms with Gasteiger partial charge >= 0.3 is 0 Å². The van der Waals surface area contributed by atoms with Crippen LogP contribution in [0.5, 0.6) is 0 Å². The largest absolute Gasteiger partial charge is 0.329 e. The van der Waals surface area contributed by atoms with Crippen molar-refractivity contribution in [3.63, 3.8) is 0 Å². The predicted octanol–water partition coefficient (Wildman–Crippen LogP) is 1.08. The summed E-state index contributed by atoms with van der Waals surface area (Å²) in [6.07, 6.45) is 0. The summed E-state index contributed by atoms with van der Waals surface area (Å²) in [5.74, 6) is 0. The molecule has 0 atom stereocenters. The van der Waals surface area contributed by atoms with Crippen molar-refractivity contribution in [3.8, 4) is 0 Å². The zero-order valence-corrected chi connectivity index (χ0v) is 12.6. The summed E-state index contributed by atoms with van der Waals surface area (Å²) < 4.78 is 28.6. The summed E-state index contributed by atoms with van der Waals surface area (Å²) in [4.78, 5) is 0. The van der Waals surface area contributed by atoms with Gasteiger partial charge in [0.1, 0.15) is 0 Å². The van der Waals surface area contributed by atoms with Gasteiger partial charge in [-0.25, -0.2) is 0 Å². The summed E-state index contributed by atoms with van der Waals surface area (Å²) in [5.41, 5.74) is 5.94. The summed E-state index contributed by atoms with van der Waals surface area (Å²) in [5, 5.41) is 0. The van der Waals surface area contributed by atoms with E-state index in [4.69, 9.17) is 5.73 Å². The van der Waals surface area contributed by atoms with Crippen LogP contribution in [0.3, 0.4) is 0 Å². The molecule has 0 aliphatic carbocycles. The van der Waals surface area contributed by atoms with E-state index >= 15 is 0 Å². The average molecular weight is 285 g/mol. The third kappa shape index (κ3) is 5.69. The smallest absolute Gasteiger partial charge is 0.280 e. The fourth-order valence-corrected chi connectivity index (χ4v) is 3.23. The van der Waals surface area contributed by atoms with Gasteiger partial charge in [-0.05, 0) is 26.3 Å². The van der Waals surface area contributed by atoms with Gasteiger partial charge in [0, 0.05) is 25.2 Å². The lowest BCUT2D eigenvalue weighted by Gasteiger charge is -2.27. The molecule has 0 unspecified atom stereocenters. The molecule has 0 heterocycles. The van der Waals surface area contributed by atoms with Gasteiger partial charge in [-0.2, -0.15) is 17.4 Å². The van der Waals surface area contributed by atoms with Gasteiger partial charge in [-0.3, -0.25) is 0 Å². The first-order valence-electron chi connectivity index (χ1n) is 6.27. The molecule has 3 N–H and O–H groups in total. The molecule has 5 nitrogen and oxygen atoms in total. The standard InChI is InChI=1S/C13H23N3O2S/c1-13(2,3)15-19(17,18)16(10-9-14)11-12-7-5-4-6-8-12/h4-8,15H,9-11,14H2,1-3H3. The number of hydrogen-bond donors (Lipinski definition) is 2. The van der Waals surface area contributed by atoms with Crippen molar-refractivity contribution in [2.75, 3.05) is 13.1 Å². The molecule has 6 heteroatoms. The number of nitrogens with one attached hydrogen (secondary N) is 1. The molecule has 0 saturated heterocycles. The second-order valence-corrected chi connectivity index (χ2v) is 7.14. The number of benzene rings is 1. The third-order valence-electron chi connectivity index (χ3n) is 2.36. The highest BCUT2D eigenvalue weighted by molar-refractivity contribution is 7.87. The number of hydrogen-bond acceptors (Lipinski definition) is 3. The van der Waals surface area contributed by atoms with E-state index in [9.17, 15) is 8.42 Å². The molecule has 0 radical (unpaired) electrons. The van der Waals surface area contributed by atoms with Crippen LogP contribution in [0.15, 0.2) is 30.3 Å². The number of nitrogens with two attached hydrogens (primary N) is 1. The minimum atomic E-state index is -3.54. The Morgan fingerprint density at radius 1 is 1.21 bits per heavy atom. The molecule has 0 fully saturated rings. The van der Waals surface area contributed by atoms with Crippen molar-refractivity contribution in [3.05, 3.63) is 35.9 Å². The maximum Gasteiger partial charge on any atom is 0.280 e. The lowest BCUT2D eigenvalue weighted by molar-refractivity contribution is 0.385. The Morgan fingerprint density at radius 3 is 2.26 bits per heavy atom. The minimum absolute atomic E-state index is 0.290. The van der Waals surface area contributed by atoms with E-state index in [0.29, 0.717) is 13.1 Å². The van der Waals surface area contributed by atoms with Crippen molar-refractivity contribution in [1.82, 2.24) is 9.03 Å². The van der Waals surface area contributed by atoms with Crippen LogP contribution in [-0.4, -0.2) is 31.4 Å². The Labute approximate surface area is 116 Å². The van der Waals surface area contributed by atoms with Gasteiger partial charge in [0.25, 0.3) is 10.2 Å². The van der Waals surface area contributed by atoms with E-state index in [1.807, 2.05) is 51.1 Å². The van der Waals surface area contributed by atoms with Gasteiger partial charge in [0.2, 0.25) is 0 Å². The maximum absolute atomic E-state index is 12.3. The van der Waals surface area contributed by atoms with E-state index in [-0.39, 0.29) is 6.54 Å². The molecule has 108 valence electrons. The molecule has 0 aliphatic heterocycles. The summed E-state index contributed by atoms with van der Waals surface area (Å²) >= 11 is 0. The zero-order chi connectivity index (χ0) is 14.5. The molecule has 0 aliphatic rings. The minimum Gasteiger partial charge on any atom is -0.329 e. The van der Waals surface area contributed by atoms with Crippen LogP contribution >= 0.6 is 0 Å². The molecule has 1 rings (SSSR count). The van der Waals surface area contributed by atoms with E-state index < -0.39 is 15.7 Å². The zero-order valence-electron chi connectivity index (χ0n) is 11.8. The molecule has 1 aromatic carbocycles. The van der Waals surface area contributed by atoms with Crippen molar-refractivity contribution in [2.24, 2.45) is 5.73 Å².